The van der Waals surface area contributed by atoms with Crippen molar-refractivity contribution in [2.75, 3.05) is 36.0 Å². The third-order valence-electron chi connectivity index (χ3n) is 4.17. The van der Waals surface area contributed by atoms with E-state index in [9.17, 15) is 8.78 Å². The van der Waals surface area contributed by atoms with Crippen molar-refractivity contribution in [1.29, 1.82) is 0 Å². The molecule has 1 fully saturated rings. The van der Waals surface area contributed by atoms with Gasteiger partial charge in [-0.15, -0.1) is 0 Å². The second-order valence-electron chi connectivity index (χ2n) is 5.69. The smallest absolute Gasteiger partial charge is 0.364 e. The molecule has 3 rings (SSSR count). The zero-order valence-electron chi connectivity index (χ0n) is 13.1. The van der Waals surface area contributed by atoms with E-state index in [1.54, 1.807) is 6.07 Å². The number of aromatic nitrogens is 1. The Morgan fingerprint density at radius 2 is 1.62 bits per heavy atom. The SMILES string of the molecule is NCc1ccc(C(F)(F)Cl)nc1N1CCN(c2ccccc2)CC1. The van der Waals surface area contributed by atoms with Gasteiger partial charge in [0.25, 0.3) is 0 Å². The first-order valence-corrected chi connectivity index (χ1v) is 8.19. The lowest BCUT2D eigenvalue weighted by Crippen LogP contribution is -2.47. The third-order valence-corrected chi connectivity index (χ3v) is 4.36. The summed E-state index contributed by atoms with van der Waals surface area (Å²) < 4.78 is 26.7. The molecule has 0 radical (unpaired) electrons. The number of piperazine rings is 1. The summed E-state index contributed by atoms with van der Waals surface area (Å²) in [6.45, 7) is 3.20. The number of hydrogen-bond donors (Lipinski definition) is 1. The van der Waals surface area contributed by atoms with E-state index in [1.165, 1.54) is 6.07 Å². The van der Waals surface area contributed by atoms with Gasteiger partial charge >= 0.3 is 5.38 Å². The van der Waals surface area contributed by atoms with E-state index in [0.29, 0.717) is 18.9 Å². The van der Waals surface area contributed by atoms with Crippen molar-refractivity contribution in [2.45, 2.75) is 11.9 Å². The van der Waals surface area contributed by atoms with E-state index >= 15 is 0 Å². The standard InChI is InChI=1S/C17H19ClF2N4/c18-17(19,20)15-7-6-13(12-21)16(22-15)24-10-8-23(9-11-24)14-4-2-1-3-5-14/h1-7H,8-12,21H2. The monoisotopic (exact) mass is 352 g/mol. The van der Waals surface area contributed by atoms with Crippen LogP contribution in [0.15, 0.2) is 42.5 Å². The predicted molar refractivity (Wildman–Crippen MR) is 92.7 cm³/mol. The Hall–Kier alpha value is -1.92. The molecule has 1 aromatic carbocycles. The molecule has 1 saturated heterocycles. The van der Waals surface area contributed by atoms with Gasteiger partial charge in [0.15, 0.2) is 0 Å². The van der Waals surface area contributed by atoms with Gasteiger partial charge in [-0.2, -0.15) is 8.78 Å². The second kappa shape index (κ2) is 6.91. The van der Waals surface area contributed by atoms with E-state index in [1.807, 2.05) is 23.1 Å². The highest BCUT2D eigenvalue weighted by molar-refractivity contribution is 6.21. The van der Waals surface area contributed by atoms with Crippen molar-refractivity contribution in [3.05, 3.63) is 53.7 Å². The summed E-state index contributed by atoms with van der Waals surface area (Å²) in [5.41, 5.74) is 7.20. The quantitative estimate of drug-likeness (QED) is 0.859. The van der Waals surface area contributed by atoms with Gasteiger partial charge in [0.05, 0.1) is 0 Å². The van der Waals surface area contributed by atoms with Crippen molar-refractivity contribution in [1.82, 2.24) is 4.98 Å². The lowest BCUT2D eigenvalue weighted by Gasteiger charge is -2.37. The summed E-state index contributed by atoms with van der Waals surface area (Å²) >= 11 is 5.11. The molecule has 0 aliphatic carbocycles. The fourth-order valence-electron chi connectivity index (χ4n) is 2.88. The minimum Gasteiger partial charge on any atom is -0.368 e. The van der Waals surface area contributed by atoms with E-state index in [4.69, 9.17) is 17.3 Å². The third kappa shape index (κ3) is 3.60. The topological polar surface area (TPSA) is 45.4 Å². The molecule has 2 N–H and O–H groups in total. The Labute approximate surface area is 144 Å². The van der Waals surface area contributed by atoms with Crippen molar-refractivity contribution < 1.29 is 8.78 Å². The van der Waals surface area contributed by atoms with Gasteiger partial charge in [0.2, 0.25) is 0 Å². The maximum atomic E-state index is 13.4. The van der Waals surface area contributed by atoms with Gasteiger partial charge in [0.1, 0.15) is 11.5 Å². The zero-order valence-corrected chi connectivity index (χ0v) is 13.9. The van der Waals surface area contributed by atoms with Gasteiger partial charge < -0.3 is 15.5 Å². The van der Waals surface area contributed by atoms with Crippen LogP contribution in [0, 0.1) is 0 Å². The second-order valence-corrected chi connectivity index (χ2v) is 6.17. The summed E-state index contributed by atoms with van der Waals surface area (Å²) in [5, 5.41) is -3.48. The van der Waals surface area contributed by atoms with Crippen LogP contribution in [-0.4, -0.2) is 31.2 Å². The Morgan fingerprint density at radius 1 is 1.00 bits per heavy atom. The van der Waals surface area contributed by atoms with Crippen LogP contribution in [0.5, 0.6) is 0 Å². The van der Waals surface area contributed by atoms with E-state index in [-0.39, 0.29) is 6.54 Å². The zero-order chi connectivity index (χ0) is 17.2. The van der Waals surface area contributed by atoms with E-state index in [0.717, 1.165) is 24.3 Å². The maximum absolute atomic E-state index is 13.4. The van der Waals surface area contributed by atoms with Crippen LogP contribution in [0.25, 0.3) is 0 Å². The normalized spacial score (nSPS) is 15.7. The molecule has 2 aromatic rings. The lowest BCUT2D eigenvalue weighted by atomic mass is 10.2. The summed E-state index contributed by atoms with van der Waals surface area (Å²) in [6, 6.07) is 12.9. The van der Waals surface area contributed by atoms with Crippen LogP contribution < -0.4 is 15.5 Å². The fraction of sp³-hybridized carbons (Fsp3) is 0.353. The minimum absolute atomic E-state index is 0.245. The molecule has 128 valence electrons. The first kappa shape index (κ1) is 16.9. The van der Waals surface area contributed by atoms with Crippen LogP contribution >= 0.6 is 11.6 Å². The van der Waals surface area contributed by atoms with Gasteiger partial charge in [-0.25, -0.2) is 4.98 Å². The Morgan fingerprint density at radius 3 is 2.21 bits per heavy atom. The van der Waals surface area contributed by atoms with Gasteiger partial charge in [-0.05, 0) is 29.8 Å². The van der Waals surface area contributed by atoms with Crippen molar-refractivity contribution in [3.63, 3.8) is 0 Å². The molecule has 0 bridgehead atoms. The average molecular weight is 353 g/mol. The highest BCUT2D eigenvalue weighted by Crippen LogP contribution is 2.33. The van der Waals surface area contributed by atoms with Crippen LogP contribution in [0.2, 0.25) is 0 Å². The van der Waals surface area contributed by atoms with Crippen LogP contribution in [0.3, 0.4) is 0 Å². The number of anilines is 2. The number of para-hydroxylation sites is 1. The van der Waals surface area contributed by atoms with Gasteiger partial charge in [-0.3, -0.25) is 0 Å². The maximum Gasteiger partial charge on any atom is 0.364 e. The molecule has 4 nitrogen and oxygen atoms in total. The number of halogens is 3. The molecular weight excluding hydrogens is 334 g/mol. The van der Waals surface area contributed by atoms with Gasteiger partial charge in [-0.1, -0.05) is 24.3 Å². The Balaban J connectivity index is 1.78. The Kier molecular flexibility index (Phi) is 4.87. The largest absolute Gasteiger partial charge is 0.368 e. The molecule has 1 aromatic heterocycles. The van der Waals surface area contributed by atoms with Crippen LogP contribution in [0.4, 0.5) is 20.3 Å². The molecule has 24 heavy (non-hydrogen) atoms. The van der Waals surface area contributed by atoms with Crippen LogP contribution in [0.1, 0.15) is 11.3 Å². The average Bonchev–Trinajstić information content (AvgIpc) is 2.61. The molecule has 0 amide bonds. The molecule has 1 aliphatic rings. The molecule has 2 heterocycles. The summed E-state index contributed by atoms with van der Waals surface area (Å²) in [4.78, 5) is 8.34. The molecular formula is C17H19ClF2N4. The number of rotatable bonds is 4. The van der Waals surface area contributed by atoms with E-state index in [2.05, 4.69) is 22.0 Å². The molecule has 0 atom stereocenters. The summed E-state index contributed by atoms with van der Waals surface area (Å²) in [5.74, 6) is 0.503. The summed E-state index contributed by atoms with van der Waals surface area (Å²) in [7, 11) is 0. The number of hydrogen-bond acceptors (Lipinski definition) is 4. The first-order chi connectivity index (χ1) is 11.5. The number of nitrogens with two attached hydrogens (primary N) is 1. The molecule has 0 spiro atoms. The molecule has 0 unspecified atom stereocenters. The lowest BCUT2D eigenvalue weighted by molar-refractivity contribution is 0.0900. The number of pyridine rings is 1. The van der Waals surface area contributed by atoms with Gasteiger partial charge in [0, 0.05) is 44.0 Å². The number of nitrogens with zero attached hydrogens (tertiary/aromatic N) is 3. The van der Waals surface area contributed by atoms with E-state index < -0.39 is 11.1 Å². The first-order valence-electron chi connectivity index (χ1n) is 7.81. The van der Waals surface area contributed by atoms with Crippen molar-refractivity contribution in [2.24, 2.45) is 5.73 Å². The molecule has 7 heteroatoms. The number of benzene rings is 1. The highest BCUT2D eigenvalue weighted by Gasteiger charge is 2.31. The molecule has 0 saturated carbocycles. The molecule has 1 aliphatic heterocycles. The Bertz CT molecular complexity index is 683. The van der Waals surface area contributed by atoms with Crippen LogP contribution in [-0.2, 0) is 11.9 Å². The minimum atomic E-state index is -3.48. The predicted octanol–water partition coefficient (Wildman–Crippen LogP) is 3.16. The number of alkyl halides is 3. The highest BCUT2D eigenvalue weighted by atomic mass is 35.5. The summed E-state index contributed by atoms with van der Waals surface area (Å²) in [6.07, 6.45) is 0. The van der Waals surface area contributed by atoms with Crippen molar-refractivity contribution >= 4 is 23.1 Å². The fourth-order valence-corrected chi connectivity index (χ4v) is 2.99. The van der Waals surface area contributed by atoms with Crippen molar-refractivity contribution in [3.8, 4) is 0 Å².